The van der Waals surface area contributed by atoms with E-state index < -0.39 is 10.0 Å². The van der Waals surface area contributed by atoms with Crippen LogP contribution in [0.15, 0.2) is 49.5 Å². The second-order valence-electron chi connectivity index (χ2n) is 2.90. The number of aryl methyl sites for hydroxylation is 1. The number of benzene rings is 1. The van der Waals surface area contributed by atoms with Crippen LogP contribution in [0.3, 0.4) is 0 Å². The van der Waals surface area contributed by atoms with Crippen molar-refractivity contribution in [2.75, 3.05) is 0 Å². The Balaban J connectivity index is 2.99. The molecule has 0 heterocycles. The number of nitrogens with zero attached hydrogens (tertiary/aromatic N) is 2. The molecule has 7 heteroatoms. The third-order valence-electron chi connectivity index (χ3n) is 1.63. The average Bonchev–Trinajstić information content (AvgIpc) is 2.17. The normalized spacial score (nSPS) is 11.7. The highest BCUT2D eigenvalue weighted by Gasteiger charge is 2.11. The molecule has 0 N–H and O–H groups in total. The lowest BCUT2D eigenvalue weighted by Gasteiger charge is -1.97. The summed E-state index contributed by atoms with van der Waals surface area (Å²) in [5.74, 6) is 0. The topological polar surface area (TPSA) is 58.9 Å². The zero-order valence-electron chi connectivity index (χ0n) is 8.26. The molecule has 1 rings (SSSR count). The van der Waals surface area contributed by atoms with Gasteiger partial charge in [0.05, 0.1) is 11.1 Å². The van der Waals surface area contributed by atoms with E-state index in [-0.39, 0.29) is 9.39 Å². The van der Waals surface area contributed by atoms with E-state index in [4.69, 9.17) is 23.2 Å². The van der Waals surface area contributed by atoms with Gasteiger partial charge in [0.2, 0.25) is 0 Å². The van der Waals surface area contributed by atoms with Crippen molar-refractivity contribution >= 4 is 33.2 Å². The second kappa shape index (κ2) is 5.43. The summed E-state index contributed by atoms with van der Waals surface area (Å²) in [6, 6.07) is 6.25. The first kappa shape index (κ1) is 13.2. The largest absolute Gasteiger partial charge is 0.299 e. The van der Waals surface area contributed by atoms with Gasteiger partial charge in [-0.3, -0.25) is 0 Å². The van der Waals surface area contributed by atoms with E-state index in [1.54, 1.807) is 12.1 Å². The fraction of sp³-hybridized carbons (Fsp3) is 0.111. The highest BCUT2D eigenvalue weighted by molar-refractivity contribution is 7.90. The van der Waals surface area contributed by atoms with Crippen LogP contribution >= 0.6 is 23.2 Å². The molecule has 0 aromatic heterocycles. The van der Waals surface area contributed by atoms with E-state index in [1.165, 1.54) is 12.1 Å². The third kappa shape index (κ3) is 3.92. The lowest BCUT2D eigenvalue weighted by atomic mass is 10.2. The van der Waals surface area contributed by atoms with Gasteiger partial charge in [-0.2, -0.15) is 8.42 Å². The molecule has 0 saturated carbocycles. The zero-order chi connectivity index (χ0) is 12.2. The van der Waals surface area contributed by atoms with E-state index >= 15 is 0 Å². The predicted molar refractivity (Wildman–Crippen MR) is 63.0 cm³/mol. The molecule has 0 aliphatic carbocycles. The first-order valence-electron chi connectivity index (χ1n) is 4.17. The van der Waals surface area contributed by atoms with E-state index in [0.717, 1.165) is 11.8 Å². The van der Waals surface area contributed by atoms with Gasteiger partial charge in [-0.15, -0.1) is 5.11 Å². The van der Waals surface area contributed by atoms with Crippen LogP contribution in [0.1, 0.15) is 5.56 Å². The quantitative estimate of drug-likeness (QED) is 0.796. The minimum Gasteiger partial charge on any atom is -0.198 e. The van der Waals surface area contributed by atoms with E-state index in [2.05, 4.69) is 9.63 Å². The van der Waals surface area contributed by atoms with Crippen LogP contribution in [0.25, 0.3) is 0 Å². The number of rotatable bonds is 3. The lowest BCUT2D eigenvalue weighted by molar-refractivity contribution is 0.595. The fourth-order valence-corrected chi connectivity index (χ4v) is 1.72. The number of hydrogen-bond acceptors (Lipinski definition) is 3. The van der Waals surface area contributed by atoms with Crippen LogP contribution < -0.4 is 0 Å². The summed E-state index contributed by atoms with van der Waals surface area (Å²) in [6.07, 6.45) is 0.939. The lowest BCUT2D eigenvalue weighted by Crippen LogP contribution is -1.95. The smallest absolute Gasteiger partial charge is 0.198 e. The van der Waals surface area contributed by atoms with Crippen molar-refractivity contribution in [1.82, 2.24) is 0 Å². The standard InChI is InChI=1S/C9H8Cl2N2O2S/c1-7-2-4-8(5-3-7)16(14,15)13-12-6-9(10)11/h2-6H,1H3. The van der Waals surface area contributed by atoms with Crippen molar-refractivity contribution in [2.45, 2.75) is 11.8 Å². The Morgan fingerprint density at radius 3 is 2.31 bits per heavy atom. The van der Waals surface area contributed by atoms with Crippen LogP contribution in [0.4, 0.5) is 0 Å². The Labute approximate surface area is 104 Å². The van der Waals surface area contributed by atoms with Crippen molar-refractivity contribution in [3.05, 3.63) is 40.5 Å². The van der Waals surface area contributed by atoms with Crippen LogP contribution in [0.2, 0.25) is 0 Å². The van der Waals surface area contributed by atoms with Crippen molar-refractivity contribution in [1.29, 1.82) is 0 Å². The van der Waals surface area contributed by atoms with Crippen molar-refractivity contribution in [3.8, 4) is 0 Å². The van der Waals surface area contributed by atoms with Gasteiger partial charge in [0.1, 0.15) is 4.49 Å². The molecule has 0 saturated heterocycles. The van der Waals surface area contributed by atoms with Gasteiger partial charge < -0.3 is 0 Å². The molecular formula is C9H8Cl2N2O2S. The van der Waals surface area contributed by atoms with Crippen molar-refractivity contribution < 1.29 is 8.42 Å². The molecule has 16 heavy (non-hydrogen) atoms. The van der Waals surface area contributed by atoms with Crippen LogP contribution in [-0.4, -0.2) is 8.42 Å². The highest BCUT2D eigenvalue weighted by Crippen LogP contribution is 2.14. The molecule has 0 unspecified atom stereocenters. The molecule has 4 nitrogen and oxygen atoms in total. The van der Waals surface area contributed by atoms with Gasteiger partial charge in [-0.25, -0.2) is 0 Å². The molecule has 86 valence electrons. The highest BCUT2D eigenvalue weighted by atomic mass is 35.5. The summed E-state index contributed by atoms with van der Waals surface area (Å²) < 4.78 is 26.1. The Kier molecular flexibility index (Phi) is 4.46. The van der Waals surface area contributed by atoms with E-state index in [9.17, 15) is 8.42 Å². The molecule has 0 fully saturated rings. The summed E-state index contributed by atoms with van der Waals surface area (Å²) in [5.41, 5.74) is 0.958. The average molecular weight is 279 g/mol. The maximum atomic E-state index is 11.5. The van der Waals surface area contributed by atoms with Crippen molar-refractivity contribution in [2.24, 2.45) is 9.63 Å². The second-order valence-corrected chi connectivity index (χ2v) is 5.50. The molecule has 0 bridgehead atoms. The van der Waals surface area contributed by atoms with Gasteiger partial charge in [-0.05, 0) is 19.1 Å². The van der Waals surface area contributed by atoms with Gasteiger partial charge in [0.25, 0.3) is 10.0 Å². The zero-order valence-corrected chi connectivity index (χ0v) is 10.6. The molecule has 0 atom stereocenters. The Morgan fingerprint density at radius 1 is 1.25 bits per heavy atom. The summed E-state index contributed by atoms with van der Waals surface area (Å²) in [4.78, 5) is 0.0703. The molecule has 0 amide bonds. The van der Waals surface area contributed by atoms with Gasteiger partial charge in [-0.1, -0.05) is 45.4 Å². The number of hydrogen-bond donors (Lipinski definition) is 0. The number of sulfonamides is 1. The Bertz CT molecular complexity index is 517. The van der Waals surface area contributed by atoms with Crippen LogP contribution in [0, 0.1) is 6.92 Å². The monoisotopic (exact) mass is 278 g/mol. The predicted octanol–water partition coefficient (Wildman–Crippen LogP) is 3.41. The SMILES string of the molecule is Cc1ccc(S(=O)(=O)N=NC=C(Cl)Cl)cc1. The van der Waals surface area contributed by atoms with Crippen molar-refractivity contribution in [3.63, 3.8) is 0 Å². The maximum absolute atomic E-state index is 11.5. The minimum atomic E-state index is -3.78. The molecular weight excluding hydrogens is 271 g/mol. The summed E-state index contributed by atoms with van der Waals surface area (Å²) in [6.45, 7) is 1.86. The molecule has 0 aliphatic heterocycles. The molecule has 0 radical (unpaired) electrons. The summed E-state index contributed by atoms with van der Waals surface area (Å²) >= 11 is 10.5. The van der Waals surface area contributed by atoms with E-state index in [1.807, 2.05) is 6.92 Å². The third-order valence-corrected chi connectivity index (χ3v) is 3.00. The van der Waals surface area contributed by atoms with Gasteiger partial charge in [0.15, 0.2) is 0 Å². The Hall–Kier alpha value is -0.910. The fourth-order valence-electron chi connectivity index (χ4n) is 0.887. The maximum Gasteiger partial charge on any atom is 0.299 e. The van der Waals surface area contributed by atoms with Gasteiger partial charge >= 0.3 is 0 Å². The first-order valence-corrected chi connectivity index (χ1v) is 6.36. The van der Waals surface area contributed by atoms with Crippen LogP contribution in [0.5, 0.6) is 0 Å². The molecule has 1 aromatic rings. The Morgan fingerprint density at radius 2 is 1.81 bits per heavy atom. The number of halogens is 2. The molecule has 0 aliphatic rings. The van der Waals surface area contributed by atoms with E-state index in [0.29, 0.717) is 0 Å². The summed E-state index contributed by atoms with van der Waals surface area (Å²) in [5, 5.41) is 3.25. The first-order chi connectivity index (χ1) is 7.42. The van der Waals surface area contributed by atoms with Gasteiger partial charge in [0, 0.05) is 0 Å². The van der Waals surface area contributed by atoms with Crippen LogP contribution in [-0.2, 0) is 10.0 Å². The minimum absolute atomic E-state index is 0.0703. The molecule has 1 aromatic carbocycles. The molecule has 0 spiro atoms. The summed E-state index contributed by atoms with van der Waals surface area (Å²) in [7, 11) is -3.78.